The van der Waals surface area contributed by atoms with Gasteiger partial charge in [0.2, 0.25) is 0 Å². The summed E-state index contributed by atoms with van der Waals surface area (Å²) in [6, 6.07) is 0. The van der Waals surface area contributed by atoms with Gasteiger partial charge >= 0.3 is 23.9 Å². The Morgan fingerprint density at radius 2 is 0.737 bits per heavy atom. The molecule has 4 radical (unpaired) electrons. The molecule has 0 heterocycles. The SMILES string of the molecule is CCC(C)(C)[S-].CCC(C)(C)[S-].C[CH]C.C[CH]C.[Sn+2]. The van der Waals surface area contributed by atoms with Crippen molar-refractivity contribution in [2.24, 2.45) is 0 Å². The van der Waals surface area contributed by atoms with Crippen LogP contribution in [0.25, 0.3) is 0 Å². The van der Waals surface area contributed by atoms with E-state index >= 15 is 0 Å². The minimum absolute atomic E-state index is 0. The molecule has 3 heteroatoms. The Balaban J connectivity index is -0.0000000476. The Labute approximate surface area is 153 Å². The van der Waals surface area contributed by atoms with Crippen LogP contribution in [0.5, 0.6) is 0 Å². The van der Waals surface area contributed by atoms with Crippen molar-refractivity contribution in [3.63, 3.8) is 0 Å². The molecule has 0 rings (SSSR count). The third-order valence-electron chi connectivity index (χ3n) is 1.70. The van der Waals surface area contributed by atoms with Gasteiger partial charge in [-0.2, -0.15) is 9.49 Å². The van der Waals surface area contributed by atoms with E-state index in [-0.39, 0.29) is 33.4 Å². The molecule has 0 saturated heterocycles. The molecule has 0 aromatic carbocycles. The second kappa shape index (κ2) is 21.8. The molecule has 0 aliphatic rings. The van der Waals surface area contributed by atoms with Gasteiger partial charge in [-0.15, -0.1) is 0 Å². The predicted molar refractivity (Wildman–Crippen MR) is 101 cm³/mol. The molecule has 0 N–H and O–H groups in total. The van der Waals surface area contributed by atoms with E-state index in [1.165, 1.54) is 0 Å². The monoisotopic (exact) mass is 412 g/mol. The van der Waals surface area contributed by atoms with Gasteiger partial charge in [0.05, 0.1) is 0 Å². The molecule has 0 bridgehead atoms. The molecule has 0 aliphatic heterocycles. The summed E-state index contributed by atoms with van der Waals surface area (Å²) < 4.78 is 0.250. The summed E-state index contributed by atoms with van der Waals surface area (Å²) in [5.74, 6) is 0. The van der Waals surface area contributed by atoms with Crippen molar-refractivity contribution in [2.45, 2.75) is 91.6 Å². The van der Waals surface area contributed by atoms with Gasteiger partial charge in [0.15, 0.2) is 0 Å². The molecule has 0 aromatic heterocycles. The molecule has 0 fully saturated rings. The molecular formula is C16H36S2Sn. The van der Waals surface area contributed by atoms with Crippen LogP contribution in [0.2, 0.25) is 0 Å². The van der Waals surface area contributed by atoms with E-state index in [4.69, 9.17) is 25.3 Å². The maximum Gasteiger partial charge on any atom is 2.00 e. The largest absolute Gasteiger partial charge is 2.00 e. The minimum Gasteiger partial charge on any atom is -0.786 e. The van der Waals surface area contributed by atoms with Crippen molar-refractivity contribution < 1.29 is 0 Å². The molecule has 0 saturated carbocycles. The van der Waals surface area contributed by atoms with Crippen LogP contribution in [0.4, 0.5) is 0 Å². The van der Waals surface area contributed by atoms with Crippen LogP contribution in [-0.4, -0.2) is 33.4 Å². The maximum atomic E-state index is 4.99. The summed E-state index contributed by atoms with van der Waals surface area (Å²) in [7, 11) is 0. The van der Waals surface area contributed by atoms with Gasteiger partial charge in [0.1, 0.15) is 0 Å². The normalized spacial score (nSPS) is 9.47. The average molecular weight is 411 g/mol. The van der Waals surface area contributed by atoms with Crippen LogP contribution in [0, 0.1) is 12.8 Å². The third-order valence-corrected chi connectivity index (χ3v) is 2.28. The van der Waals surface area contributed by atoms with Crippen molar-refractivity contribution in [3.05, 3.63) is 12.8 Å². The van der Waals surface area contributed by atoms with Crippen LogP contribution >= 0.6 is 0 Å². The fourth-order valence-electron chi connectivity index (χ4n) is 0. The molecule has 0 spiro atoms. The zero-order valence-electron chi connectivity index (χ0n) is 14.9. The Morgan fingerprint density at radius 3 is 0.737 bits per heavy atom. The first-order valence-corrected chi connectivity index (χ1v) is 7.66. The van der Waals surface area contributed by atoms with Crippen LogP contribution in [0.15, 0.2) is 0 Å². The summed E-state index contributed by atoms with van der Waals surface area (Å²) in [5.41, 5.74) is 0. The third kappa shape index (κ3) is 106. The molecule has 116 valence electrons. The summed E-state index contributed by atoms with van der Waals surface area (Å²) in [4.78, 5) is 0. The van der Waals surface area contributed by atoms with Crippen LogP contribution < -0.4 is 0 Å². The van der Waals surface area contributed by atoms with Crippen molar-refractivity contribution in [1.82, 2.24) is 0 Å². The summed E-state index contributed by atoms with van der Waals surface area (Å²) in [6.45, 7) is 20.4. The molecule has 0 aliphatic carbocycles. The Bertz CT molecular complexity index is 108. The number of hydrogen-bond acceptors (Lipinski definition) is 2. The van der Waals surface area contributed by atoms with Crippen LogP contribution in [0.3, 0.4) is 0 Å². The Kier molecular flexibility index (Phi) is 37.2. The molecule has 0 aromatic rings. The molecule has 0 unspecified atom stereocenters. The number of rotatable bonds is 2. The van der Waals surface area contributed by atoms with Gasteiger partial charge in [0.25, 0.3) is 0 Å². The first-order valence-electron chi connectivity index (χ1n) is 6.84. The smallest absolute Gasteiger partial charge is 0.786 e. The summed E-state index contributed by atoms with van der Waals surface area (Å²) in [5, 5.41) is 0. The van der Waals surface area contributed by atoms with Crippen molar-refractivity contribution in [1.29, 1.82) is 0 Å². The van der Waals surface area contributed by atoms with Crippen LogP contribution in [0.1, 0.15) is 82.1 Å². The van der Waals surface area contributed by atoms with Crippen molar-refractivity contribution in [3.8, 4) is 0 Å². The van der Waals surface area contributed by atoms with Gasteiger partial charge < -0.3 is 25.3 Å². The first kappa shape index (κ1) is 32.4. The molecule has 0 nitrogen and oxygen atoms in total. The molecular weight excluding hydrogens is 375 g/mol. The van der Waals surface area contributed by atoms with Crippen LogP contribution in [-0.2, 0) is 25.3 Å². The first-order chi connectivity index (χ1) is 7.95. The van der Waals surface area contributed by atoms with Crippen molar-refractivity contribution in [2.75, 3.05) is 0 Å². The van der Waals surface area contributed by atoms with E-state index in [9.17, 15) is 0 Å². The maximum absolute atomic E-state index is 4.99. The zero-order chi connectivity index (χ0) is 15.8. The Morgan fingerprint density at radius 1 is 0.684 bits per heavy atom. The predicted octanol–water partition coefficient (Wildman–Crippen LogP) is 5.52. The van der Waals surface area contributed by atoms with E-state index in [1.54, 1.807) is 0 Å². The quantitative estimate of drug-likeness (QED) is 0.433. The van der Waals surface area contributed by atoms with Gasteiger partial charge in [-0.3, -0.25) is 0 Å². The van der Waals surface area contributed by atoms with Gasteiger partial charge in [0, 0.05) is 0 Å². The molecule has 0 amide bonds. The van der Waals surface area contributed by atoms with E-state index in [0.717, 1.165) is 12.8 Å². The minimum atomic E-state index is 0. The number of hydrogen-bond donors (Lipinski definition) is 0. The van der Waals surface area contributed by atoms with E-state index in [2.05, 4.69) is 41.5 Å². The Hall–Kier alpha value is 1.50. The fraction of sp³-hybridized carbons (Fsp3) is 0.875. The average Bonchev–Trinajstić information content (AvgIpc) is 2.19. The molecule has 19 heavy (non-hydrogen) atoms. The van der Waals surface area contributed by atoms with Gasteiger partial charge in [-0.25, -0.2) is 0 Å². The van der Waals surface area contributed by atoms with Crippen molar-refractivity contribution >= 4 is 49.2 Å². The molecule has 0 atom stereocenters. The van der Waals surface area contributed by atoms with Gasteiger partial charge in [-0.1, -0.05) is 82.1 Å². The zero-order valence-corrected chi connectivity index (χ0v) is 19.4. The fourth-order valence-corrected chi connectivity index (χ4v) is 0. The standard InChI is InChI=1S/2C5H12S.2C3H7.Sn/c2*1-4-5(2,3)6;2*1-3-2;/h2*6H,4H2,1-3H3;2*3H,1-2H3;/q;;;;+2/p-2. The van der Waals surface area contributed by atoms with Gasteiger partial charge in [-0.05, 0) is 12.8 Å². The second-order valence-corrected chi connectivity index (χ2v) is 7.59. The summed E-state index contributed by atoms with van der Waals surface area (Å²) >= 11 is 9.97. The van der Waals surface area contributed by atoms with E-state index < -0.39 is 0 Å². The topological polar surface area (TPSA) is 0 Å². The van der Waals surface area contributed by atoms with E-state index in [0.29, 0.717) is 0 Å². The summed E-state index contributed by atoms with van der Waals surface area (Å²) in [6.07, 6.45) is 6.17. The van der Waals surface area contributed by atoms with E-state index in [1.807, 2.05) is 40.5 Å². The second-order valence-electron chi connectivity index (χ2n) is 5.38.